The van der Waals surface area contributed by atoms with E-state index in [4.69, 9.17) is 0 Å². The minimum absolute atomic E-state index is 0.140. The Morgan fingerprint density at radius 2 is 1.87 bits per heavy atom. The first-order chi connectivity index (χ1) is 7.09. The van der Waals surface area contributed by atoms with Crippen molar-refractivity contribution in [3.63, 3.8) is 0 Å². The van der Waals surface area contributed by atoms with Crippen molar-refractivity contribution in [2.24, 2.45) is 5.92 Å². The third-order valence-corrected chi connectivity index (χ3v) is 3.77. The second-order valence-electron chi connectivity index (χ2n) is 3.64. The van der Waals surface area contributed by atoms with Gasteiger partial charge < -0.3 is 0 Å². The molecule has 0 N–H and O–H groups in total. The van der Waals surface area contributed by atoms with Gasteiger partial charge in [-0.05, 0) is 25.0 Å². The van der Waals surface area contributed by atoms with E-state index >= 15 is 0 Å². The van der Waals surface area contributed by atoms with Gasteiger partial charge in [0.15, 0.2) is 0 Å². The molecule has 1 saturated carbocycles. The van der Waals surface area contributed by atoms with Gasteiger partial charge in [-0.15, -0.1) is 0 Å². The molecule has 4 heteroatoms. The summed E-state index contributed by atoms with van der Waals surface area (Å²) < 4.78 is 36.6. The van der Waals surface area contributed by atoms with Crippen LogP contribution >= 0.6 is 0 Å². The van der Waals surface area contributed by atoms with Crippen LogP contribution in [-0.4, -0.2) is 8.42 Å². The molecule has 1 aromatic rings. The predicted octanol–water partition coefficient (Wildman–Crippen LogP) is 2.68. The lowest BCUT2D eigenvalue weighted by molar-refractivity contribution is 0.573. The Bertz CT molecular complexity index is 473. The molecule has 0 heterocycles. The molecule has 0 atom stereocenters. The highest BCUT2D eigenvalue weighted by Crippen LogP contribution is 2.37. The molecule has 0 aromatic heterocycles. The molecule has 80 valence electrons. The lowest BCUT2D eigenvalue weighted by atomic mass is 10.4. The zero-order valence-electron chi connectivity index (χ0n) is 8.06. The molecule has 1 aliphatic rings. The quantitative estimate of drug-likeness (QED) is 0.794. The average Bonchev–Trinajstić information content (AvgIpc) is 3.01. The van der Waals surface area contributed by atoms with Crippen molar-refractivity contribution in [1.82, 2.24) is 0 Å². The molecule has 0 bridgehead atoms. The van der Waals surface area contributed by atoms with Crippen molar-refractivity contribution in [2.45, 2.75) is 17.7 Å². The summed E-state index contributed by atoms with van der Waals surface area (Å²) in [5.41, 5.74) is 0. The van der Waals surface area contributed by atoms with Gasteiger partial charge in [0.2, 0.25) is 9.84 Å². The lowest BCUT2D eigenvalue weighted by Gasteiger charge is -1.98. The largest absolute Gasteiger partial charge is 0.219 e. The maximum absolute atomic E-state index is 13.3. The van der Waals surface area contributed by atoms with Gasteiger partial charge in [-0.2, -0.15) is 0 Å². The van der Waals surface area contributed by atoms with E-state index in [0.29, 0.717) is 0 Å². The van der Waals surface area contributed by atoms with Crippen LogP contribution in [0.15, 0.2) is 46.5 Å². The summed E-state index contributed by atoms with van der Waals surface area (Å²) in [4.78, 5) is 0.140. The Morgan fingerprint density at radius 3 is 2.40 bits per heavy atom. The minimum Gasteiger partial charge on any atom is -0.219 e. The first-order valence-electron chi connectivity index (χ1n) is 4.77. The minimum atomic E-state index is -3.60. The van der Waals surface area contributed by atoms with Crippen molar-refractivity contribution in [1.29, 1.82) is 0 Å². The third-order valence-electron chi connectivity index (χ3n) is 2.31. The second-order valence-corrected chi connectivity index (χ2v) is 5.43. The number of rotatable bonds is 3. The molecular weight excluding hydrogens is 215 g/mol. The summed E-state index contributed by atoms with van der Waals surface area (Å²) in [6, 6.07) is 7.89. The summed E-state index contributed by atoms with van der Waals surface area (Å²) in [6.45, 7) is 0. The van der Waals surface area contributed by atoms with Gasteiger partial charge >= 0.3 is 0 Å². The number of halogens is 1. The lowest BCUT2D eigenvalue weighted by Crippen LogP contribution is -1.97. The summed E-state index contributed by atoms with van der Waals surface area (Å²) in [5.74, 6) is -0.678. The van der Waals surface area contributed by atoms with Crippen LogP contribution in [-0.2, 0) is 9.84 Å². The fourth-order valence-electron chi connectivity index (χ4n) is 1.28. The SMILES string of the molecule is O=S(=O)(/C=C(\F)C1CC1)c1ccccc1. The first kappa shape index (κ1) is 10.4. The highest BCUT2D eigenvalue weighted by atomic mass is 32.2. The van der Waals surface area contributed by atoms with Crippen LogP contribution in [0.1, 0.15) is 12.8 Å². The Labute approximate surface area is 88.4 Å². The molecule has 2 nitrogen and oxygen atoms in total. The fourth-order valence-corrected chi connectivity index (χ4v) is 2.44. The van der Waals surface area contributed by atoms with Crippen LogP contribution in [0.25, 0.3) is 0 Å². The van der Waals surface area contributed by atoms with Crippen LogP contribution in [0.2, 0.25) is 0 Å². The summed E-state index contributed by atoms with van der Waals surface area (Å²) >= 11 is 0. The molecule has 1 aromatic carbocycles. The highest BCUT2D eigenvalue weighted by Gasteiger charge is 2.28. The van der Waals surface area contributed by atoms with E-state index < -0.39 is 15.7 Å². The van der Waals surface area contributed by atoms with Gasteiger partial charge in [0.05, 0.1) is 10.3 Å². The van der Waals surface area contributed by atoms with Crippen LogP contribution in [0.3, 0.4) is 0 Å². The topological polar surface area (TPSA) is 34.1 Å². The third kappa shape index (κ3) is 2.45. The Balaban J connectivity index is 2.31. The van der Waals surface area contributed by atoms with Crippen molar-refractivity contribution in [3.05, 3.63) is 41.6 Å². The van der Waals surface area contributed by atoms with Gasteiger partial charge in [-0.25, -0.2) is 12.8 Å². The average molecular weight is 226 g/mol. The molecule has 0 radical (unpaired) electrons. The molecule has 0 unspecified atom stereocenters. The van der Waals surface area contributed by atoms with Crippen molar-refractivity contribution >= 4 is 9.84 Å². The van der Waals surface area contributed by atoms with Gasteiger partial charge in [0, 0.05) is 5.92 Å². The number of hydrogen-bond donors (Lipinski definition) is 0. The Kier molecular flexibility index (Phi) is 2.61. The molecule has 0 amide bonds. The van der Waals surface area contributed by atoms with E-state index in [1.807, 2.05) is 0 Å². The van der Waals surface area contributed by atoms with E-state index in [2.05, 4.69) is 0 Å². The predicted molar refractivity (Wildman–Crippen MR) is 55.5 cm³/mol. The summed E-state index contributed by atoms with van der Waals surface area (Å²) in [5, 5.41) is 0.750. The van der Waals surface area contributed by atoms with E-state index in [1.54, 1.807) is 18.2 Å². The Hall–Kier alpha value is -1.16. The number of hydrogen-bond acceptors (Lipinski definition) is 2. The van der Waals surface area contributed by atoms with Gasteiger partial charge in [0.1, 0.15) is 5.83 Å². The van der Waals surface area contributed by atoms with Gasteiger partial charge in [0.25, 0.3) is 0 Å². The van der Waals surface area contributed by atoms with Crippen molar-refractivity contribution in [2.75, 3.05) is 0 Å². The van der Waals surface area contributed by atoms with Crippen LogP contribution < -0.4 is 0 Å². The zero-order chi connectivity index (χ0) is 10.9. The molecule has 0 aliphatic heterocycles. The summed E-state index contributed by atoms with van der Waals surface area (Å²) in [7, 11) is -3.60. The standard InChI is InChI=1S/C11H11FO2S/c12-11(9-6-7-9)8-15(13,14)10-4-2-1-3-5-10/h1-5,8-9H,6-7H2/b11-8-. The maximum atomic E-state index is 13.3. The monoisotopic (exact) mass is 226 g/mol. The molecule has 15 heavy (non-hydrogen) atoms. The normalized spacial score (nSPS) is 17.8. The second kappa shape index (κ2) is 3.77. The number of allylic oxidation sites excluding steroid dienone is 1. The van der Waals surface area contributed by atoms with E-state index in [0.717, 1.165) is 18.2 Å². The van der Waals surface area contributed by atoms with Crippen molar-refractivity contribution < 1.29 is 12.8 Å². The molecule has 1 fully saturated rings. The van der Waals surface area contributed by atoms with E-state index in [9.17, 15) is 12.8 Å². The Morgan fingerprint density at radius 1 is 1.27 bits per heavy atom. The summed E-state index contributed by atoms with van der Waals surface area (Å²) in [6.07, 6.45) is 1.51. The van der Waals surface area contributed by atoms with Crippen LogP contribution in [0, 0.1) is 5.92 Å². The van der Waals surface area contributed by atoms with Crippen LogP contribution in [0.4, 0.5) is 4.39 Å². The van der Waals surface area contributed by atoms with Crippen molar-refractivity contribution in [3.8, 4) is 0 Å². The molecular formula is C11H11FO2S. The van der Waals surface area contributed by atoms with E-state index in [-0.39, 0.29) is 10.8 Å². The van der Waals surface area contributed by atoms with Gasteiger partial charge in [-0.1, -0.05) is 18.2 Å². The maximum Gasteiger partial charge on any atom is 0.202 e. The fraction of sp³-hybridized carbons (Fsp3) is 0.273. The number of benzene rings is 1. The molecule has 0 saturated heterocycles. The first-order valence-corrected chi connectivity index (χ1v) is 6.31. The highest BCUT2D eigenvalue weighted by molar-refractivity contribution is 7.94. The van der Waals surface area contributed by atoms with Crippen LogP contribution in [0.5, 0.6) is 0 Å². The smallest absolute Gasteiger partial charge is 0.202 e. The van der Waals surface area contributed by atoms with E-state index in [1.165, 1.54) is 12.1 Å². The number of sulfone groups is 1. The molecule has 1 aliphatic carbocycles. The molecule has 0 spiro atoms. The molecule has 2 rings (SSSR count). The zero-order valence-corrected chi connectivity index (χ0v) is 8.87. The van der Waals surface area contributed by atoms with Gasteiger partial charge in [-0.3, -0.25) is 0 Å².